The predicted octanol–water partition coefficient (Wildman–Crippen LogP) is 9.88. The zero-order valence-electron chi connectivity index (χ0n) is 29.6. The SMILES string of the molecule is CCCC(=O)c1ccc(C[C@@H](C(=O)Nc2ccc(-c3ccc(C)cc3C)cc2)c2ccc(-c3ccc(C(C)(C)C)cc3)cc2)cc1.O=S(=O)=O. The zero-order valence-corrected chi connectivity index (χ0v) is 30.4. The number of anilines is 1. The van der Waals surface area contributed by atoms with E-state index in [4.69, 9.17) is 12.6 Å². The molecule has 1 atom stereocenters. The quantitative estimate of drug-likeness (QED) is 0.147. The van der Waals surface area contributed by atoms with E-state index in [-0.39, 0.29) is 17.1 Å². The summed E-state index contributed by atoms with van der Waals surface area (Å²) in [5.41, 5.74) is 11.9. The summed E-state index contributed by atoms with van der Waals surface area (Å²) in [5, 5.41) is 3.18. The summed E-state index contributed by atoms with van der Waals surface area (Å²) in [6.07, 6.45) is 1.89. The van der Waals surface area contributed by atoms with Gasteiger partial charge >= 0.3 is 10.6 Å². The number of rotatable bonds is 10. The van der Waals surface area contributed by atoms with E-state index in [1.807, 2.05) is 43.3 Å². The third kappa shape index (κ3) is 10.4. The lowest BCUT2D eigenvalue weighted by Gasteiger charge is -2.20. The number of aryl methyl sites for hydroxylation is 2. The van der Waals surface area contributed by atoms with Crippen LogP contribution in [0.5, 0.6) is 0 Å². The van der Waals surface area contributed by atoms with Gasteiger partial charge in [-0.25, -0.2) is 0 Å². The molecule has 0 aliphatic carbocycles. The maximum atomic E-state index is 13.9. The number of Topliss-reactive ketones (excluding diaryl/α,β-unsaturated/α-hetero) is 1. The number of amides is 1. The summed E-state index contributed by atoms with van der Waals surface area (Å²) >= 11 is 0. The predicted molar refractivity (Wildman–Crippen MR) is 202 cm³/mol. The molecule has 0 fully saturated rings. The molecule has 0 spiro atoms. The maximum absolute atomic E-state index is 13.9. The van der Waals surface area contributed by atoms with Gasteiger partial charge in [0, 0.05) is 17.7 Å². The second kappa shape index (κ2) is 17.0. The first-order chi connectivity index (χ1) is 23.7. The average molecular weight is 688 g/mol. The van der Waals surface area contributed by atoms with E-state index in [0.717, 1.165) is 45.5 Å². The van der Waals surface area contributed by atoms with Gasteiger partial charge in [-0.1, -0.05) is 136 Å². The minimum atomic E-state index is -3.11. The molecule has 0 unspecified atom stereocenters. The van der Waals surface area contributed by atoms with Crippen molar-refractivity contribution in [2.75, 3.05) is 5.32 Å². The second-order valence-corrected chi connectivity index (χ2v) is 14.1. The first-order valence-corrected chi connectivity index (χ1v) is 17.8. The molecule has 0 aromatic heterocycles. The standard InChI is InChI=1S/C43H45NO2.O3S/c1-7-8-41(45)36-12-10-31(11-13-36)28-40(35-16-14-32(15-17-35)33-18-22-37(23-19-33)43(4,5)6)42(46)44-38-24-20-34(21-25-38)39-26-9-29(2)27-30(39)3;1-4(2)3/h9-27,40H,7-8,28H2,1-6H3,(H,44,46);/t40-;/m1./s1. The van der Waals surface area contributed by atoms with E-state index < -0.39 is 16.5 Å². The highest BCUT2D eigenvalue weighted by molar-refractivity contribution is 7.59. The summed E-state index contributed by atoms with van der Waals surface area (Å²) in [4.78, 5) is 26.4. The first kappa shape index (κ1) is 37.7. The molecule has 50 heavy (non-hydrogen) atoms. The van der Waals surface area contributed by atoms with Crippen molar-refractivity contribution in [2.45, 2.75) is 72.1 Å². The molecule has 0 radical (unpaired) electrons. The van der Waals surface area contributed by atoms with Crippen molar-refractivity contribution in [1.82, 2.24) is 0 Å². The summed E-state index contributed by atoms with van der Waals surface area (Å²) in [5.74, 6) is -0.319. The van der Waals surface area contributed by atoms with Crippen LogP contribution in [-0.4, -0.2) is 24.3 Å². The number of hydrogen-bond donors (Lipinski definition) is 1. The smallest absolute Gasteiger partial charge is 0.326 e. The molecule has 1 amide bonds. The van der Waals surface area contributed by atoms with Gasteiger partial charge in [-0.3, -0.25) is 9.59 Å². The lowest BCUT2D eigenvalue weighted by atomic mass is 9.86. The molecule has 258 valence electrons. The van der Waals surface area contributed by atoms with Gasteiger partial charge in [0.25, 0.3) is 0 Å². The van der Waals surface area contributed by atoms with Crippen molar-refractivity contribution in [3.8, 4) is 22.3 Å². The normalized spacial score (nSPS) is 11.6. The molecular weight excluding hydrogens is 643 g/mol. The van der Waals surface area contributed by atoms with Gasteiger partial charge in [-0.05, 0) is 88.7 Å². The Kier molecular flexibility index (Phi) is 12.8. The largest absolute Gasteiger partial charge is 0.425 e. The number of carbonyl (C=O) groups is 2. The second-order valence-electron chi connectivity index (χ2n) is 13.7. The first-order valence-electron chi connectivity index (χ1n) is 16.8. The monoisotopic (exact) mass is 687 g/mol. The topological polar surface area (TPSA) is 97.4 Å². The molecule has 0 bridgehead atoms. The number of benzene rings is 5. The van der Waals surface area contributed by atoms with Crippen molar-refractivity contribution in [2.24, 2.45) is 0 Å². The van der Waals surface area contributed by atoms with Crippen LogP contribution >= 0.6 is 0 Å². The Morgan fingerprint density at radius 1 is 0.700 bits per heavy atom. The molecule has 6 nitrogen and oxygen atoms in total. The molecule has 5 rings (SSSR count). The van der Waals surface area contributed by atoms with Gasteiger partial charge < -0.3 is 5.32 Å². The van der Waals surface area contributed by atoms with Crippen LogP contribution in [0.1, 0.15) is 84.6 Å². The maximum Gasteiger partial charge on any atom is 0.425 e. The molecular formula is C43H45NO5S. The highest BCUT2D eigenvalue weighted by atomic mass is 32.2. The van der Waals surface area contributed by atoms with Crippen LogP contribution in [0.3, 0.4) is 0 Å². The molecule has 5 aromatic carbocycles. The highest BCUT2D eigenvalue weighted by Crippen LogP contribution is 2.30. The molecule has 0 heterocycles. The minimum absolute atomic E-state index is 0.0623. The van der Waals surface area contributed by atoms with Gasteiger partial charge in [0.2, 0.25) is 5.91 Å². The Morgan fingerprint density at radius 2 is 1.24 bits per heavy atom. The average Bonchev–Trinajstić information content (AvgIpc) is 3.07. The molecule has 5 aromatic rings. The van der Waals surface area contributed by atoms with Crippen LogP contribution in [0.25, 0.3) is 22.3 Å². The fourth-order valence-corrected chi connectivity index (χ4v) is 5.97. The van der Waals surface area contributed by atoms with Crippen LogP contribution in [0.4, 0.5) is 5.69 Å². The number of ketones is 1. The summed E-state index contributed by atoms with van der Waals surface area (Å²) in [7, 11) is -3.11. The summed E-state index contributed by atoms with van der Waals surface area (Å²) in [6.45, 7) is 12.9. The van der Waals surface area contributed by atoms with E-state index in [0.29, 0.717) is 12.8 Å². The van der Waals surface area contributed by atoms with Crippen molar-refractivity contribution in [1.29, 1.82) is 0 Å². The zero-order chi connectivity index (χ0) is 36.4. The van der Waals surface area contributed by atoms with Crippen LogP contribution in [0.15, 0.2) is 115 Å². The van der Waals surface area contributed by atoms with E-state index >= 15 is 0 Å². The Morgan fingerprint density at radius 3 is 1.76 bits per heavy atom. The number of hydrogen-bond acceptors (Lipinski definition) is 5. The Bertz CT molecular complexity index is 2020. The third-order valence-electron chi connectivity index (χ3n) is 8.75. The van der Waals surface area contributed by atoms with Gasteiger partial charge in [-0.2, -0.15) is 0 Å². The van der Waals surface area contributed by atoms with E-state index in [1.165, 1.54) is 22.3 Å². The minimum Gasteiger partial charge on any atom is -0.326 e. The highest BCUT2D eigenvalue weighted by Gasteiger charge is 2.22. The Balaban J connectivity index is 0.00000133. The van der Waals surface area contributed by atoms with Crippen LogP contribution in [0.2, 0.25) is 0 Å². The molecule has 7 heteroatoms. The van der Waals surface area contributed by atoms with Crippen molar-refractivity contribution >= 4 is 28.0 Å². The fourth-order valence-electron chi connectivity index (χ4n) is 5.97. The Hall–Kier alpha value is -5.14. The van der Waals surface area contributed by atoms with E-state index in [9.17, 15) is 9.59 Å². The summed E-state index contributed by atoms with van der Waals surface area (Å²) < 4.78 is 25.3. The van der Waals surface area contributed by atoms with Gasteiger partial charge in [0.05, 0.1) is 5.92 Å². The summed E-state index contributed by atoms with van der Waals surface area (Å²) in [6, 6.07) is 39.3. The number of nitrogens with one attached hydrogen (secondary N) is 1. The number of carbonyl (C=O) groups excluding carboxylic acids is 2. The van der Waals surface area contributed by atoms with Crippen LogP contribution in [0, 0.1) is 13.8 Å². The lowest BCUT2D eigenvalue weighted by Crippen LogP contribution is -2.23. The molecule has 0 aliphatic rings. The third-order valence-corrected chi connectivity index (χ3v) is 8.75. The molecule has 0 saturated heterocycles. The van der Waals surface area contributed by atoms with Crippen LogP contribution < -0.4 is 5.32 Å². The van der Waals surface area contributed by atoms with Crippen LogP contribution in [-0.2, 0) is 27.2 Å². The lowest BCUT2D eigenvalue weighted by molar-refractivity contribution is -0.117. The van der Waals surface area contributed by atoms with Crippen molar-refractivity contribution in [3.63, 3.8) is 0 Å². The van der Waals surface area contributed by atoms with Gasteiger partial charge in [0.1, 0.15) is 0 Å². The Labute approximate surface area is 297 Å². The fraction of sp³-hybridized carbons (Fsp3) is 0.256. The van der Waals surface area contributed by atoms with Crippen molar-refractivity contribution < 1.29 is 22.2 Å². The van der Waals surface area contributed by atoms with E-state index in [2.05, 4.69) is 119 Å². The van der Waals surface area contributed by atoms with E-state index in [1.54, 1.807) is 0 Å². The van der Waals surface area contributed by atoms with Gasteiger partial charge in [0.15, 0.2) is 5.78 Å². The molecule has 0 saturated carbocycles. The molecule has 1 N–H and O–H groups in total. The van der Waals surface area contributed by atoms with Crippen molar-refractivity contribution in [3.05, 3.63) is 149 Å². The molecule has 0 aliphatic heterocycles. The van der Waals surface area contributed by atoms with Gasteiger partial charge in [-0.15, -0.1) is 12.6 Å².